The third kappa shape index (κ3) is 3.63. The number of anilines is 1. The number of nitriles is 1. The van der Waals surface area contributed by atoms with Crippen molar-refractivity contribution < 1.29 is 9.13 Å². The number of benzene rings is 1. The summed E-state index contributed by atoms with van der Waals surface area (Å²) in [4.78, 5) is 27.3. The van der Waals surface area contributed by atoms with Crippen LogP contribution < -0.4 is 32.0 Å². The maximum Gasteiger partial charge on any atom is 0.350 e. The van der Waals surface area contributed by atoms with Crippen molar-refractivity contribution in [1.82, 2.24) is 14.6 Å². The zero-order chi connectivity index (χ0) is 22.3. The number of fused-ring (bicyclic) bond motifs is 1. The number of nitrogens with two attached hydrogens (primary N) is 1. The molecular formula is C21H27FN6O3. The van der Waals surface area contributed by atoms with Gasteiger partial charge in [-0.05, 0) is 30.7 Å². The summed E-state index contributed by atoms with van der Waals surface area (Å²) in [6.45, 7) is 4.61. The van der Waals surface area contributed by atoms with Gasteiger partial charge in [-0.3, -0.25) is 9.36 Å². The fraction of sp³-hybridized carbons (Fsp3) is 0.571. The van der Waals surface area contributed by atoms with Crippen molar-refractivity contribution in [3.8, 4) is 11.8 Å². The van der Waals surface area contributed by atoms with E-state index in [4.69, 9.17) is 15.8 Å². The third-order valence-electron chi connectivity index (χ3n) is 6.24. The molecule has 1 aliphatic carbocycles. The van der Waals surface area contributed by atoms with E-state index in [0.717, 1.165) is 25.3 Å². The summed E-state index contributed by atoms with van der Waals surface area (Å²) in [6.07, 6.45) is 2.84. The van der Waals surface area contributed by atoms with Crippen LogP contribution >= 0.6 is 0 Å². The third-order valence-corrected chi connectivity index (χ3v) is 6.24. The molecule has 9 nitrogen and oxygen atoms in total. The molecule has 1 aromatic carbocycles. The van der Waals surface area contributed by atoms with E-state index in [1.54, 1.807) is 0 Å². The van der Waals surface area contributed by atoms with Gasteiger partial charge >= 0.3 is 5.69 Å². The minimum atomic E-state index is -0.742. The van der Waals surface area contributed by atoms with Gasteiger partial charge in [-0.15, -0.1) is 0 Å². The van der Waals surface area contributed by atoms with Crippen LogP contribution in [0.5, 0.6) is 5.75 Å². The number of halogens is 1. The van der Waals surface area contributed by atoms with E-state index < -0.39 is 17.1 Å². The topological polar surface area (TPSA) is 118 Å². The smallest absolute Gasteiger partial charge is 0.350 e. The van der Waals surface area contributed by atoms with Crippen LogP contribution in [0.2, 0.25) is 0 Å². The molecule has 1 saturated carbocycles. The van der Waals surface area contributed by atoms with Gasteiger partial charge in [0.1, 0.15) is 11.2 Å². The van der Waals surface area contributed by atoms with Crippen LogP contribution in [0.3, 0.4) is 0 Å². The second-order valence-electron chi connectivity index (χ2n) is 8.76. The lowest BCUT2D eigenvalue weighted by atomic mass is 9.90. The lowest BCUT2D eigenvalue weighted by molar-refractivity contribution is 0.345. The minimum Gasteiger partial charge on any atom is -0.492 e. The van der Waals surface area contributed by atoms with Crippen molar-refractivity contribution >= 4 is 16.6 Å². The number of hydrogen-bond donors (Lipinski definition) is 2. The Morgan fingerprint density at radius 2 is 2.16 bits per heavy atom. The second kappa shape index (κ2) is 7.89. The Morgan fingerprint density at radius 1 is 1.42 bits per heavy atom. The summed E-state index contributed by atoms with van der Waals surface area (Å²) in [5, 5.41) is 12.0. The van der Waals surface area contributed by atoms with Gasteiger partial charge in [0.15, 0.2) is 11.6 Å². The number of hydrogen-bond acceptors (Lipinski definition) is 7. The Balaban J connectivity index is 1.79. The standard InChI is InChI=1S/C21H27FN6O3/c1-21(11-25-8-3-7-23)6-9-26(12-21)17-15(22)10-14-16(18(17)31-2)27(13-4-5-13)20(30)28(24)19(14)29/h10,13,25H,3-6,8-9,11-12,24H2,1-2H3. The Labute approximate surface area is 178 Å². The number of rotatable bonds is 7. The molecule has 0 amide bonds. The number of nitrogens with one attached hydrogen (secondary N) is 1. The molecule has 1 saturated heterocycles. The Kier molecular flexibility index (Phi) is 5.39. The molecule has 0 bridgehead atoms. The van der Waals surface area contributed by atoms with E-state index in [0.29, 0.717) is 42.8 Å². The lowest BCUT2D eigenvalue weighted by Gasteiger charge is -2.28. The molecule has 0 radical (unpaired) electrons. The van der Waals surface area contributed by atoms with Gasteiger partial charge in [0, 0.05) is 38.6 Å². The normalized spacial score (nSPS) is 20.9. The Hall–Kier alpha value is -3.06. The molecule has 1 unspecified atom stereocenters. The van der Waals surface area contributed by atoms with E-state index in [1.807, 2.05) is 4.90 Å². The maximum atomic E-state index is 15.3. The quantitative estimate of drug-likeness (QED) is 0.498. The Morgan fingerprint density at radius 3 is 2.81 bits per heavy atom. The van der Waals surface area contributed by atoms with E-state index in [-0.39, 0.29) is 28.3 Å². The average Bonchev–Trinajstić information content (AvgIpc) is 3.51. The molecule has 2 fully saturated rings. The highest BCUT2D eigenvalue weighted by atomic mass is 19.1. The monoisotopic (exact) mass is 430 g/mol. The first kappa shape index (κ1) is 21.2. The van der Waals surface area contributed by atoms with Gasteiger partial charge in [0.05, 0.1) is 18.6 Å². The summed E-state index contributed by atoms with van der Waals surface area (Å²) >= 11 is 0. The highest BCUT2D eigenvalue weighted by molar-refractivity contribution is 5.91. The molecule has 1 aliphatic heterocycles. The van der Waals surface area contributed by atoms with Crippen molar-refractivity contribution in [3.63, 3.8) is 0 Å². The minimum absolute atomic E-state index is 0.0345. The fourth-order valence-corrected chi connectivity index (χ4v) is 4.49. The van der Waals surface area contributed by atoms with Gasteiger partial charge in [0.2, 0.25) is 0 Å². The largest absolute Gasteiger partial charge is 0.492 e. The molecule has 1 aromatic heterocycles. The van der Waals surface area contributed by atoms with Crippen LogP contribution in [-0.2, 0) is 0 Å². The molecule has 2 aliphatic rings. The molecule has 1 atom stereocenters. The van der Waals surface area contributed by atoms with Gasteiger partial charge in [-0.2, -0.15) is 9.94 Å². The highest BCUT2D eigenvalue weighted by Crippen LogP contribution is 2.44. The lowest BCUT2D eigenvalue weighted by Crippen LogP contribution is -2.44. The molecule has 2 heterocycles. The predicted molar refractivity (Wildman–Crippen MR) is 115 cm³/mol. The summed E-state index contributed by atoms with van der Waals surface area (Å²) in [5.74, 6) is 5.30. The van der Waals surface area contributed by atoms with Gasteiger partial charge in [-0.1, -0.05) is 6.92 Å². The summed E-state index contributed by atoms with van der Waals surface area (Å²) in [6, 6.07) is 3.20. The molecule has 166 valence electrons. The summed E-state index contributed by atoms with van der Waals surface area (Å²) in [7, 11) is 1.42. The van der Waals surface area contributed by atoms with E-state index in [2.05, 4.69) is 18.3 Å². The second-order valence-corrected chi connectivity index (χ2v) is 8.76. The van der Waals surface area contributed by atoms with Crippen LogP contribution in [0.4, 0.5) is 10.1 Å². The summed E-state index contributed by atoms with van der Waals surface area (Å²) < 4.78 is 23.0. The van der Waals surface area contributed by atoms with Crippen LogP contribution in [0, 0.1) is 22.6 Å². The molecule has 10 heteroatoms. The molecule has 3 N–H and O–H groups in total. The molecule has 0 spiro atoms. The first-order valence-electron chi connectivity index (χ1n) is 10.5. The highest BCUT2D eigenvalue weighted by Gasteiger charge is 2.38. The number of nitrogen functional groups attached to an aromatic ring is 1. The number of ether oxygens (including phenoxy) is 1. The van der Waals surface area contributed by atoms with Crippen LogP contribution in [0.15, 0.2) is 15.7 Å². The maximum absolute atomic E-state index is 15.3. The van der Waals surface area contributed by atoms with Gasteiger partial charge < -0.3 is 20.8 Å². The number of methoxy groups -OCH3 is 1. The first-order valence-corrected chi connectivity index (χ1v) is 10.5. The predicted octanol–water partition coefficient (Wildman–Crippen LogP) is 1.08. The van der Waals surface area contributed by atoms with Gasteiger partial charge in [0.25, 0.3) is 5.56 Å². The zero-order valence-corrected chi connectivity index (χ0v) is 17.8. The van der Waals surface area contributed by atoms with Crippen LogP contribution in [-0.4, -0.2) is 42.5 Å². The molecular weight excluding hydrogens is 403 g/mol. The first-order chi connectivity index (χ1) is 14.8. The van der Waals surface area contributed by atoms with Crippen molar-refractivity contribution in [2.75, 3.05) is 44.0 Å². The molecule has 31 heavy (non-hydrogen) atoms. The van der Waals surface area contributed by atoms with E-state index >= 15 is 4.39 Å². The van der Waals surface area contributed by atoms with Gasteiger partial charge in [-0.25, -0.2) is 9.18 Å². The van der Waals surface area contributed by atoms with E-state index in [9.17, 15) is 9.59 Å². The van der Waals surface area contributed by atoms with Crippen LogP contribution in [0.1, 0.15) is 38.6 Å². The SMILES string of the molecule is COc1c(N2CCC(C)(CNCCC#N)C2)c(F)cc2c(=O)n(N)c(=O)n(C3CC3)c12. The summed E-state index contributed by atoms with van der Waals surface area (Å²) in [5.41, 5.74) is -0.909. The Bertz CT molecular complexity index is 1180. The van der Waals surface area contributed by atoms with Crippen molar-refractivity contribution in [1.29, 1.82) is 5.26 Å². The van der Waals surface area contributed by atoms with E-state index in [1.165, 1.54) is 11.7 Å². The fourth-order valence-electron chi connectivity index (χ4n) is 4.49. The average molecular weight is 430 g/mol. The van der Waals surface area contributed by atoms with Crippen molar-refractivity contribution in [3.05, 3.63) is 32.7 Å². The molecule has 4 rings (SSSR count). The van der Waals surface area contributed by atoms with Crippen molar-refractivity contribution in [2.24, 2.45) is 5.41 Å². The van der Waals surface area contributed by atoms with Crippen molar-refractivity contribution in [2.45, 2.75) is 38.6 Å². The number of nitrogens with zero attached hydrogens (tertiary/aromatic N) is 4. The molecule has 2 aromatic rings. The van der Waals surface area contributed by atoms with Crippen LogP contribution in [0.25, 0.3) is 10.9 Å². The number of aromatic nitrogens is 2. The zero-order valence-electron chi connectivity index (χ0n) is 17.8.